The van der Waals surface area contributed by atoms with E-state index in [0.29, 0.717) is 40.4 Å². The minimum Gasteiger partial charge on any atom is -0.512 e. The van der Waals surface area contributed by atoms with Gasteiger partial charge in [-0.25, -0.2) is 0 Å². The SMILES string of the molecule is C=C(O)CN1CC2CN(C(C)(C)C)CC2C1.CC(C)(C)N1CCC(N2CCCC2C(=O)O)CC1.CC(C)(C)N1CCC2(CCN(CC(=O)O)CC2)CC1.CCN1CC2CC1CN2C(C)(C)C.CCN1CCN(C(C)(C)C)CC1. The van der Waals surface area contributed by atoms with Crippen molar-refractivity contribution in [3.63, 3.8) is 0 Å². The van der Waals surface area contributed by atoms with E-state index in [1.807, 2.05) is 0 Å². The van der Waals surface area contributed by atoms with Crippen molar-refractivity contribution in [3.05, 3.63) is 12.3 Å². The molecule has 2 bridgehead atoms. The molecule has 454 valence electrons. The molecule has 5 atom stereocenters. The number of hydrogen-bond donors (Lipinski definition) is 3. The number of piperazine rings is 2. The number of hydrogen-bond acceptors (Lipinski definition) is 13. The van der Waals surface area contributed by atoms with E-state index in [-0.39, 0.29) is 23.7 Å². The van der Waals surface area contributed by atoms with Gasteiger partial charge in [0.1, 0.15) is 6.04 Å². The first-order chi connectivity index (χ1) is 36.1. The zero-order valence-electron chi connectivity index (χ0n) is 53.5. The lowest BCUT2D eigenvalue weighted by Gasteiger charge is -2.49. The second-order valence-corrected chi connectivity index (χ2v) is 30.4. The molecule has 1 spiro atoms. The Morgan fingerprint density at radius 2 is 0.962 bits per heavy atom. The summed E-state index contributed by atoms with van der Waals surface area (Å²) in [7, 11) is 0. The molecule has 78 heavy (non-hydrogen) atoms. The van der Waals surface area contributed by atoms with Crippen LogP contribution in [-0.4, -0.2) is 266 Å². The molecule has 9 fully saturated rings. The molecule has 0 aliphatic carbocycles. The number of aliphatic hydroxyl groups is 1. The van der Waals surface area contributed by atoms with Crippen LogP contribution in [0.2, 0.25) is 0 Å². The third-order valence-electron chi connectivity index (χ3n) is 19.8. The molecule has 0 amide bonds. The van der Waals surface area contributed by atoms with Crippen LogP contribution in [0.15, 0.2) is 12.3 Å². The smallest absolute Gasteiger partial charge is 0.320 e. The Bertz CT molecular complexity index is 1820. The standard InChI is InChI=1S/C15H28N2O2.C14H26N2O2.C13H24N2O.C11H22N2.C10H22N2/c1-14(2,3)17-10-6-15(7-11-17)4-8-16(9-5-15)12-13(18)19;1-14(2,3)15-9-6-11(7-10-15)16-8-4-5-12(16)13(17)18;1-10(16)5-14-6-11-8-15(13(2,3)4)9-12(11)7-14;1-5-12-7-10-6-9(12)8-13(10)11(2,3)4;1-5-11-6-8-12(9-7-11)10(2,3)4/h4-12H2,1-3H3,(H,18,19);11-12H,4-10H2,1-3H3,(H,17,18);11-12,16H,1,5-9H2,2-4H3;9-10H,5-8H2,1-4H3;5-9H2,1-4H3. The summed E-state index contributed by atoms with van der Waals surface area (Å²) in [6, 6.07) is 1.95. The first kappa shape index (κ1) is 66.9. The zero-order chi connectivity index (χ0) is 58.2. The highest BCUT2D eigenvalue weighted by atomic mass is 16.4. The zero-order valence-corrected chi connectivity index (χ0v) is 53.5. The first-order valence-electron chi connectivity index (χ1n) is 31.4. The first-order valence-corrected chi connectivity index (χ1v) is 31.4. The Hall–Kier alpha value is -1.92. The summed E-state index contributed by atoms with van der Waals surface area (Å²) in [5.41, 5.74) is 2.05. The summed E-state index contributed by atoms with van der Waals surface area (Å²) in [6.07, 6.45) is 10.4. The van der Waals surface area contributed by atoms with Gasteiger partial charge in [-0.3, -0.25) is 53.7 Å². The van der Waals surface area contributed by atoms with Crippen molar-refractivity contribution in [1.29, 1.82) is 0 Å². The highest BCUT2D eigenvalue weighted by Crippen LogP contribution is 2.43. The van der Waals surface area contributed by atoms with Crippen LogP contribution in [0.5, 0.6) is 0 Å². The molecule has 3 N–H and O–H groups in total. The molecule has 0 aromatic heterocycles. The van der Waals surface area contributed by atoms with Crippen molar-refractivity contribution in [2.45, 2.75) is 227 Å². The molecule has 9 rings (SSSR count). The maximum atomic E-state index is 11.2. The van der Waals surface area contributed by atoms with E-state index in [2.05, 4.69) is 173 Å². The summed E-state index contributed by atoms with van der Waals surface area (Å²) in [6.45, 7) is 65.5. The van der Waals surface area contributed by atoms with Crippen molar-refractivity contribution in [3.8, 4) is 0 Å². The maximum Gasteiger partial charge on any atom is 0.320 e. The minimum absolute atomic E-state index is 0.212. The van der Waals surface area contributed by atoms with Crippen molar-refractivity contribution < 1.29 is 24.9 Å². The Morgan fingerprint density at radius 1 is 0.474 bits per heavy atom. The molecule has 9 saturated heterocycles. The highest BCUT2D eigenvalue weighted by molar-refractivity contribution is 5.73. The van der Waals surface area contributed by atoms with Crippen LogP contribution < -0.4 is 0 Å². The fraction of sp³-hybridized carbons (Fsp3) is 0.937. The molecule has 0 radical (unpaired) electrons. The number of likely N-dealkylation sites (tertiary alicyclic amines) is 8. The summed E-state index contributed by atoms with van der Waals surface area (Å²) in [5.74, 6) is 0.550. The molecule has 0 saturated carbocycles. The average molecular weight is 1100 g/mol. The maximum absolute atomic E-state index is 11.2. The van der Waals surface area contributed by atoms with Crippen LogP contribution in [0.25, 0.3) is 0 Å². The van der Waals surface area contributed by atoms with Crippen LogP contribution in [0, 0.1) is 17.3 Å². The Labute approximate surface area is 478 Å². The summed E-state index contributed by atoms with van der Waals surface area (Å²) >= 11 is 0. The molecule has 0 aromatic rings. The van der Waals surface area contributed by atoms with E-state index in [0.717, 1.165) is 95.4 Å². The van der Waals surface area contributed by atoms with Gasteiger partial charge in [-0.1, -0.05) is 20.4 Å². The number of nitrogens with zero attached hydrogens (tertiary/aromatic N) is 10. The van der Waals surface area contributed by atoms with Gasteiger partial charge in [0.2, 0.25) is 0 Å². The predicted octanol–water partition coefficient (Wildman–Crippen LogP) is 8.55. The number of carboxylic acids is 2. The van der Waals surface area contributed by atoms with Gasteiger partial charge in [-0.05, 0) is 225 Å². The van der Waals surface area contributed by atoms with Crippen molar-refractivity contribution in [2.75, 3.05) is 137 Å². The lowest BCUT2D eigenvalue weighted by Crippen LogP contribution is -2.53. The normalized spacial score (nSPS) is 29.0. The van der Waals surface area contributed by atoms with Gasteiger partial charge in [0.05, 0.1) is 18.8 Å². The number of carbonyl (C=O) groups is 2. The summed E-state index contributed by atoms with van der Waals surface area (Å²) in [4.78, 5) is 46.7. The van der Waals surface area contributed by atoms with Gasteiger partial charge in [-0.2, -0.15) is 0 Å². The van der Waals surface area contributed by atoms with Gasteiger partial charge in [0.25, 0.3) is 0 Å². The second-order valence-electron chi connectivity index (χ2n) is 30.4. The van der Waals surface area contributed by atoms with Crippen LogP contribution in [0.1, 0.15) is 175 Å². The van der Waals surface area contributed by atoms with E-state index in [4.69, 9.17) is 5.11 Å². The van der Waals surface area contributed by atoms with E-state index < -0.39 is 11.9 Å². The fourth-order valence-electron chi connectivity index (χ4n) is 14.6. The van der Waals surface area contributed by atoms with Gasteiger partial charge >= 0.3 is 11.9 Å². The lowest BCUT2D eigenvalue weighted by atomic mass is 9.70. The molecular formula is C63H122N10O5. The Kier molecular flexibility index (Phi) is 24.1. The molecular weight excluding hydrogens is 977 g/mol. The lowest BCUT2D eigenvalue weighted by molar-refractivity contribution is -0.143. The quantitative estimate of drug-likeness (QED) is 0.201. The number of aliphatic carboxylic acids is 2. The minimum atomic E-state index is -0.696. The number of piperidine rings is 3. The van der Waals surface area contributed by atoms with Crippen molar-refractivity contribution >= 4 is 11.9 Å². The topological polar surface area (TPSA) is 127 Å². The van der Waals surface area contributed by atoms with Gasteiger partial charge in [0.15, 0.2) is 0 Å². The summed E-state index contributed by atoms with van der Waals surface area (Å²) < 4.78 is 0. The predicted molar refractivity (Wildman–Crippen MR) is 324 cm³/mol. The fourth-order valence-corrected chi connectivity index (χ4v) is 14.6. The average Bonchev–Trinajstić information content (AvgIpc) is 4.20. The van der Waals surface area contributed by atoms with E-state index in [1.54, 1.807) is 0 Å². The molecule has 9 aliphatic rings. The van der Waals surface area contributed by atoms with Gasteiger partial charge in [-0.15, -0.1) is 0 Å². The molecule has 5 unspecified atom stereocenters. The summed E-state index contributed by atoms with van der Waals surface area (Å²) in [5, 5.41) is 27.3. The largest absolute Gasteiger partial charge is 0.512 e. The van der Waals surface area contributed by atoms with E-state index in [9.17, 15) is 19.8 Å². The third kappa shape index (κ3) is 19.6. The van der Waals surface area contributed by atoms with Crippen LogP contribution in [0.3, 0.4) is 0 Å². The molecule has 9 aliphatic heterocycles. The second kappa shape index (κ2) is 28.1. The number of carboxylic acid groups (broad SMARTS) is 2. The molecule has 9 heterocycles. The molecule has 15 nitrogen and oxygen atoms in total. The Balaban J connectivity index is 0.000000181. The number of aliphatic hydroxyl groups excluding tert-OH is 1. The monoisotopic (exact) mass is 1100 g/mol. The Morgan fingerprint density at radius 3 is 1.37 bits per heavy atom. The van der Waals surface area contributed by atoms with Crippen molar-refractivity contribution in [1.82, 2.24) is 49.0 Å². The van der Waals surface area contributed by atoms with Crippen LogP contribution in [-0.2, 0) is 9.59 Å². The number of fused-ring (bicyclic) bond motifs is 3. The van der Waals surface area contributed by atoms with E-state index >= 15 is 0 Å². The number of likely N-dealkylation sites (N-methyl/N-ethyl adjacent to an activating group) is 2. The number of rotatable bonds is 8. The van der Waals surface area contributed by atoms with Crippen LogP contribution in [0.4, 0.5) is 0 Å². The molecule has 15 heteroatoms. The van der Waals surface area contributed by atoms with Crippen molar-refractivity contribution in [2.24, 2.45) is 17.3 Å². The van der Waals surface area contributed by atoms with Gasteiger partial charge < -0.3 is 20.2 Å². The van der Waals surface area contributed by atoms with Crippen LogP contribution >= 0.6 is 0 Å². The highest BCUT2D eigenvalue weighted by Gasteiger charge is 2.47. The van der Waals surface area contributed by atoms with Gasteiger partial charge in [0, 0.05) is 124 Å². The third-order valence-corrected chi connectivity index (χ3v) is 19.8. The van der Waals surface area contributed by atoms with E-state index in [1.165, 1.54) is 111 Å². The molecule has 0 aromatic carbocycles.